The molecule has 2 rings (SSSR count). The normalized spacial score (nSPS) is 21.8. The van der Waals surface area contributed by atoms with Crippen molar-refractivity contribution in [3.05, 3.63) is 18.2 Å². The molecular weight excluding hydrogens is 230 g/mol. The first-order valence-corrected chi connectivity index (χ1v) is 6.24. The second-order valence-corrected chi connectivity index (χ2v) is 5.25. The predicted octanol–water partition coefficient (Wildman–Crippen LogP) is 2.61. The van der Waals surface area contributed by atoms with Crippen molar-refractivity contribution in [1.82, 2.24) is 0 Å². The minimum Gasteiger partial charge on any atom is -0.497 e. The van der Waals surface area contributed by atoms with Gasteiger partial charge in [-0.15, -0.1) is 0 Å². The van der Waals surface area contributed by atoms with E-state index in [0.717, 1.165) is 18.6 Å². The molecule has 1 fully saturated rings. The highest BCUT2D eigenvalue weighted by atomic mass is 16.6. The number of nitrogens with two attached hydrogens (primary N) is 1. The molecule has 0 amide bonds. The fraction of sp³-hybridized carbons (Fsp3) is 0.571. The fourth-order valence-corrected chi connectivity index (χ4v) is 2.16. The Morgan fingerprint density at radius 1 is 1.44 bits per heavy atom. The lowest BCUT2D eigenvalue weighted by Gasteiger charge is -2.19. The van der Waals surface area contributed by atoms with Crippen molar-refractivity contribution in [1.29, 1.82) is 0 Å². The highest BCUT2D eigenvalue weighted by Gasteiger charge is 2.31. The Morgan fingerprint density at radius 2 is 2.22 bits per heavy atom. The van der Waals surface area contributed by atoms with Gasteiger partial charge in [0.15, 0.2) is 0 Å². The molecule has 1 heterocycles. The highest BCUT2D eigenvalue weighted by Crippen LogP contribution is 2.31. The number of anilines is 1. The highest BCUT2D eigenvalue weighted by molar-refractivity contribution is 5.56. The van der Waals surface area contributed by atoms with Crippen LogP contribution in [0.1, 0.15) is 26.7 Å². The third-order valence-electron chi connectivity index (χ3n) is 3.20. The maximum Gasteiger partial charge on any atom is 0.142 e. The first kappa shape index (κ1) is 13.0. The Labute approximate surface area is 108 Å². The van der Waals surface area contributed by atoms with Gasteiger partial charge in [-0.3, -0.25) is 0 Å². The Morgan fingerprint density at radius 3 is 2.78 bits per heavy atom. The Balaban J connectivity index is 1.91. The molecule has 0 bridgehead atoms. The first-order valence-electron chi connectivity index (χ1n) is 6.24. The molecule has 100 valence electrons. The third kappa shape index (κ3) is 3.07. The Hall–Kier alpha value is -1.42. The van der Waals surface area contributed by atoms with Gasteiger partial charge in [-0.05, 0) is 38.8 Å². The molecule has 2 N–H and O–H groups in total. The number of hydrogen-bond donors (Lipinski definition) is 1. The molecule has 0 aliphatic carbocycles. The molecule has 0 saturated carbocycles. The van der Waals surface area contributed by atoms with Gasteiger partial charge in [-0.2, -0.15) is 0 Å². The summed E-state index contributed by atoms with van der Waals surface area (Å²) in [6.45, 7) is 4.75. The van der Waals surface area contributed by atoms with Crippen LogP contribution in [0.2, 0.25) is 0 Å². The number of hydrogen-bond acceptors (Lipinski definition) is 4. The third-order valence-corrected chi connectivity index (χ3v) is 3.20. The summed E-state index contributed by atoms with van der Waals surface area (Å²) in [7, 11) is 1.61. The van der Waals surface area contributed by atoms with E-state index in [1.54, 1.807) is 13.2 Å². The van der Waals surface area contributed by atoms with Gasteiger partial charge in [0.1, 0.15) is 18.1 Å². The lowest BCUT2D eigenvalue weighted by molar-refractivity contribution is -0.0325. The number of rotatable bonds is 4. The Bertz CT molecular complexity index is 418. The molecule has 4 heteroatoms. The number of nitrogen functional groups attached to an aromatic ring is 1. The minimum absolute atomic E-state index is 0.0283. The van der Waals surface area contributed by atoms with Gasteiger partial charge in [-0.1, -0.05) is 0 Å². The lowest BCUT2D eigenvalue weighted by atomic mass is 10.1. The van der Waals surface area contributed by atoms with Crippen molar-refractivity contribution in [2.75, 3.05) is 19.5 Å². The zero-order valence-corrected chi connectivity index (χ0v) is 11.2. The molecule has 1 aromatic carbocycles. The van der Waals surface area contributed by atoms with Crippen LogP contribution >= 0.6 is 0 Å². The topological polar surface area (TPSA) is 53.7 Å². The summed E-state index contributed by atoms with van der Waals surface area (Å²) in [6.07, 6.45) is 2.25. The van der Waals surface area contributed by atoms with Crippen molar-refractivity contribution in [3.63, 3.8) is 0 Å². The summed E-state index contributed by atoms with van der Waals surface area (Å²) in [4.78, 5) is 0. The minimum atomic E-state index is -0.0283. The molecule has 1 unspecified atom stereocenters. The van der Waals surface area contributed by atoms with Crippen molar-refractivity contribution >= 4 is 5.69 Å². The first-order chi connectivity index (χ1) is 8.50. The van der Waals surface area contributed by atoms with Crippen LogP contribution in [-0.4, -0.2) is 25.4 Å². The van der Waals surface area contributed by atoms with Gasteiger partial charge < -0.3 is 19.9 Å². The quantitative estimate of drug-likeness (QED) is 0.836. The van der Waals surface area contributed by atoms with E-state index >= 15 is 0 Å². The summed E-state index contributed by atoms with van der Waals surface area (Å²) >= 11 is 0. The Kier molecular flexibility index (Phi) is 3.66. The van der Waals surface area contributed by atoms with Crippen molar-refractivity contribution < 1.29 is 14.2 Å². The van der Waals surface area contributed by atoms with Crippen LogP contribution in [0.5, 0.6) is 11.5 Å². The zero-order chi connectivity index (χ0) is 13.2. The summed E-state index contributed by atoms with van der Waals surface area (Å²) in [6, 6.07) is 5.42. The summed E-state index contributed by atoms with van der Waals surface area (Å²) in [5.41, 5.74) is 6.45. The second-order valence-electron chi connectivity index (χ2n) is 5.25. The van der Waals surface area contributed by atoms with E-state index in [4.69, 9.17) is 19.9 Å². The molecule has 1 aromatic rings. The van der Waals surface area contributed by atoms with E-state index in [0.29, 0.717) is 18.0 Å². The summed E-state index contributed by atoms with van der Waals surface area (Å²) in [5, 5.41) is 0. The lowest BCUT2D eigenvalue weighted by Crippen LogP contribution is -2.24. The van der Waals surface area contributed by atoms with Crippen molar-refractivity contribution in [2.24, 2.45) is 0 Å². The van der Waals surface area contributed by atoms with E-state index in [9.17, 15) is 0 Å². The maximum absolute atomic E-state index is 5.89. The fourth-order valence-electron chi connectivity index (χ4n) is 2.16. The smallest absolute Gasteiger partial charge is 0.142 e. The van der Waals surface area contributed by atoms with Crippen LogP contribution in [-0.2, 0) is 4.74 Å². The van der Waals surface area contributed by atoms with E-state index in [-0.39, 0.29) is 11.7 Å². The molecule has 0 radical (unpaired) electrons. The van der Waals surface area contributed by atoms with Crippen LogP contribution in [0.25, 0.3) is 0 Å². The molecule has 1 aliphatic heterocycles. The molecule has 1 aliphatic rings. The number of benzene rings is 1. The van der Waals surface area contributed by atoms with E-state index in [1.165, 1.54) is 0 Å². The summed E-state index contributed by atoms with van der Waals surface area (Å²) in [5.74, 6) is 1.42. The summed E-state index contributed by atoms with van der Waals surface area (Å²) < 4.78 is 16.7. The molecule has 1 atom stereocenters. The van der Waals surface area contributed by atoms with Crippen molar-refractivity contribution in [3.8, 4) is 11.5 Å². The number of methoxy groups -OCH3 is 1. The average Bonchev–Trinajstić information content (AvgIpc) is 2.67. The van der Waals surface area contributed by atoms with Crippen LogP contribution in [0.4, 0.5) is 5.69 Å². The largest absolute Gasteiger partial charge is 0.497 e. The maximum atomic E-state index is 5.89. The molecule has 0 spiro atoms. The van der Waals surface area contributed by atoms with Gasteiger partial charge in [-0.25, -0.2) is 0 Å². The van der Waals surface area contributed by atoms with Crippen LogP contribution in [0.15, 0.2) is 18.2 Å². The van der Waals surface area contributed by atoms with Gasteiger partial charge in [0.05, 0.1) is 24.5 Å². The van der Waals surface area contributed by atoms with Gasteiger partial charge in [0.25, 0.3) is 0 Å². The predicted molar refractivity (Wildman–Crippen MR) is 71.1 cm³/mol. The van der Waals surface area contributed by atoms with Crippen LogP contribution < -0.4 is 15.2 Å². The molecule has 0 aromatic heterocycles. The van der Waals surface area contributed by atoms with Crippen molar-refractivity contribution in [2.45, 2.75) is 38.4 Å². The van der Waals surface area contributed by atoms with Gasteiger partial charge in [0, 0.05) is 6.07 Å². The van der Waals surface area contributed by atoms with Gasteiger partial charge >= 0.3 is 0 Å². The average molecular weight is 251 g/mol. The molecular formula is C14H21NO3. The number of ether oxygens (including phenoxy) is 3. The molecule has 18 heavy (non-hydrogen) atoms. The zero-order valence-electron chi connectivity index (χ0n) is 11.2. The van der Waals surface area contributed by atoms with E-state index in [1.807, 2.05) is 12.1 Å². The second kappa shape index (κ2) is 5.06. The van der Waals surface area contributed by atoms with Crippen LogP contribution in [0, 0.1) is 0 Å². The van der Waals surface area contributed by atoms with E-state index < -0.39 is 0 Å². The van der Waals surface area contributed by atoms with E-state index in [2.05, 4.69) is 13.8 Å². The molecule has 4 nitrogen and oxygen atoms in total. The SMILES string of the molecule is COc1ccc(OCC2CCC(C)(C)O2)c(N)c1. The standard InChI is InChI=1S/C14H21NO3/c1-14(2)7-6-11(18-14)9-17-13-5-4-10(16-3)8-12(13)15/h4-5,8,11H,6-7,9,15H2,1-3H3. The van der Waals surface area contributed by atoms with Gasteiger partial charge in [0.2, 0.25) is 0 Å². The van der Waals surface area contributed by atoms with Crippen LogP contribution in [0.3, 0.4) is 0 Å². The monoisotopic (exact) mass is 251 g/mol. The molecule has 1 saturated heterocycles.